The van der Waals surface area contributed by atoms with Crippen molar-refractivity contribution in [2.45, 2.75) is 49.5 Å². The molecule has 2 fully saturated rings. The first-order valence-corrected chi connectivity index (χ1v) is 19.1. The van der Waals surface area contributed by atoms with Crippen LogP contribution >= 0.6 is 23.5 Å². The molecule has 0 aromatic heterocycles. The minimum absolute atomic E-state index is 0.0125. The van der Waals surface area contributed by atoms with Crippen LogP contribution in [0.25, 0.3) is 0 Å². The van der Waals surface area contributed by atoms with Gasteiger partial charge in [-0.05, 0) is 74.9 Å². The molecule has 46 heavy (non-hydrogen) atoms. The summed E-state index contributed by atoms with van der Waals surface area (Å²) in [6.45, 7) is 3.65. The summed E-state index contributed by atoms with van der Waals surface area (Å²) in [5, 5.41) is 12.9. The Balaban J connectivity index is 1.40. The molecule has 2 aliphatic heterocycles. The number of thioether (sulfide) groups is 2. The molecular weight excluding hydrogens is 641 g/mol. The average molecular weight is 681 g/mol. The Kier molecular flexibility index (Phi) is 12.5. The van der Waals surface area contributed by atoms with Crippen LogP contribution in [0.2, 0.25) is 0 Å². The molecule has 244 valence electrons. The van der Waals surface area contributed by atoms with Crippen molar-refractivity contribution in [3.8, 4) is 0 Å². The van der Waals surface area contributed by atoms with Crippen LogP contribution < -0.4 is 4.72 Å². The first-order valence-electron chi connectivity index (χ1n) is 15.7. The fourth-order valence-electron chi connectivity index (χ4n) is 5.29. The van der Waals surface area contributed by atoms with Gasteiger partial charge < -0.3 is 9.80 Å². The number of nitro groups is 1. The van der Waals surface area contributed by atoms with Crippen molar-refractivity contribution >= 4 is 60.9 Å². The number of amidine groups is 2. The number of nitro benzene ring substituents is 1. The van der Waals surface area contributed by atoms with Crippen LogP contribution in [-0.4, -0.2) is 77.2 Å². The molecule has 0 unspecified atom stereocenters. The van der Waals surface area contributed by atoms with Gasteiger partial charge in [0.2, 0.25) is 10.0 Å². The molecule has 3 aromatic rings. The molecule has 0 atom stereocenters. The number of hydrogen-bond acceptors (Lipinski definition) is 8. The molecule has 0 bridgehead atoms. The number of rotatable bonds is 10. The fourth-order valence-corrected chi connectivity index (χ4v) is 9.06. The Hall–Kier alpha value is -3.39. The molecule has 1 N–H and O–H groups in total. The van der Waals surface area contributed by atoms with Crippen LogP contribution in [0, 0.1) is 10.1 Å². The molecule has 0 aliphatic carbocycles. The number of nitrogens with one attached hydrogen (secondary N) is 1. The number of aliphatic imine (C=N–C) groups is 2. The lowest BCUT2D eigenvalue weighted by atomic mass is 10.1. The molecule has 3 aromatic carbocycles. The lowest BCUT2D eigenvalue weighted by Gasteiger charge is -2.31. The van der Waals surface area contributed by atoms with E-state index < -0.39 is 21.0 Å². The van der Waals surface area contributed by atoms with Crippen LogP contribution in [0.4, 0.5) is 17.1 Å². The number of nitrogens with zero attached hydrogens (tertiary/aromatic N) is 5. The third-order valence-corrected chi connectivity index (χ3v) is 11.6. The highest BCUT2D eigenvalue weighted by atomic mass is 32.2. The smallest absolute Gasteiger partial charge is 0.269 e. The van der Waals surface area contributed by atoms with Crippen molar-refractivity contribution in [2.75, 3.05) is 37.7 Å². The standard InChI is InChI=1S/C33H40N6O4S3/c40-39(41)30-17-19-31(20-18-30)46(42,43)36-29(25-44-32(37-21-9-3-10-22-37)34-27-13-5-1-6-14-27)26-45-33(38-23-11-4-12-24-38)35-28-15-7-2-8-16-28/h1-2,5-8,13-20,29,36H,3-4,9-12,21-26H2. The van der Waals surface area contributed by atoms with Crippen LogP contribution in [-0.2, 0) is 10.0 Å². The fraction of sp³-hybridized carbons (Fsp3) is 0.394. The summed E-state index contributed by atoms with van der Waals surface area (Å²) in [7, 11) is -3.97. The van der Waals surface area contributed by atoms with E-state index in [1.807, 2.05) is 60.7 Å². The molecule has 0 saturated carbocycles. The van der Waals surface area contributed by atoms with E-state index in [4.69, 9.17) is 9.98 Å². The number of non-ortho nitro benzene ring substituents is 1. The molecule has 0 amide bonds. The summed E-state index contributed by atoms with van der Waals surface area (Å²) in [6, 6.07) is 24.2. The van der Waals surface area contributed by atoms with Gasteiger partial charge >= 0.3 is 0 Å². The maximum absolute atomic E-state index is 13.6. The second kappa shape index (κ2) is 17.0. The van der Waals surface area contributed by atoms with Crippen molar-refractivity contribution in [1.82, 2.24) is 14.5 Å². The maximum Gasteiger partial charge on any atom is 0.269 e. The summed E-state index contributed by atoms with van der Waals surface area (Å²) in [5.41, 5.74) is 1.55. The summed E-state index contributed by atoms with van der Waals surface area (Å²) >= 11 is 3.11. The van der Waals surface area contributed by atoms with E-state index in [0.717, 1.165) is 73.6 Å². The largest absolute Gasteiger partial charge is 0.351 e. The second-order valence-corrected chi connectivity index (χ2v) is 14.9. The van der Waals surface area contributed by atoms with Gasteiger partial charge in [0.25, 0.3) is 5.69 Å². The molecular formula is C33H40N6O4S3. The summed E-state index contributed by atoms with van der Waals surface area (Å²) in [5.74, 6) is 0.889. The zero-order valence-corrected chi connectivity index (χ0v) is 28.2. The molecule has 2 aliphatic rings. The van der Waals surface area contributed by atoms with Crippen LogP contribution in [0.5, 0.6) is 0 Å². The first-order chi connectivity index (χ1) is 22.4. The molecule has 0 radical (unpaired) electrons. The summed E-state index contributed by atoms with van der Waals surface area (Å²) < 4.78 is 30.2. The Morgan fingerprint density at radius 2 is 1.15 bits per heavy atom. The van der Waals surface area contributed by atoms with E-state index in [2.05, 4.69) is 14.5 Å². The molecule has 10 nitrogen and oxygen atoms in total. The van der Waals surface area contributed by atoms with Gasteiger partial charge in [0.15, 0.2) is 10.3 Å². The first kappa shape index (κ1) is 34.0. The van der Waals surface area contributed by atoms with Gasteiger partial charge in [-0.25, -0.2) is 23.1 Å². The Morgan fingerprint density at radius 3 is 1.57 bits per heavy atom. The SMILES string of the molecule is O=[N+]([O-])c1ccc(S(=O)(=O)NC(CSC(=Nc2ccccc2)N2CCCCC2)CSC(=Nc2ccccc2)N2CCCCC2)cc1. The summed E-state index contributed by atoms with van der Waals surface area (Å²) in [4.78, 5) is 25.2. The predicted octanol–water partition coefficient (Wildman–Crippen LogP) is 7.06. The number of sulfonamides is 1. The maximum atomic E-state index is 13.6. The second-order valence-electron chi connectivity index (χ2n) is 11.2. The predicted molar refractivity (Wildman–Crippen MR) is 190 cm³/mol. The van der Waals surface area contributed by atoms with Gasteiger partial charge in [-0.2, -0.15) is 0 Å². The minimum atomic E-state index is -3.97. The zero-order chi connectivity index (χ0) is 32.2. The van der Waals surface area contributed by atoms with E-state index in [9.17, 15) is 18.5 Å². The molecule has 2 heterocycles. The van der Waals surface area contributed by atoms with Crippen molar-refractivity contribution in [2.24, 2.45) is 9.98 Å². The quantitative estimate of drug-likeness (QED) is 0.105. The molecule has 13 heteroatoms. The number of piperidine rings is 2. The summed E-state index contributed by atoms with van der Waals surface area (Å²) in [6.07, 6.45) is 6.75. The van der Waals surface area contributed by atoms with Gasteiger partial charge in [-0.3, -0.25) is 10.1 Å². The molecule has 5 rings (SSSR count). The number of para-hydroxylation sites is 2. The van der Waals surface area contributed by atoms with E-state index in [0.29, 0.717) is 11.5 Å². The molecule has 0 spiro atoms. The van der Waals surface area contributed by atoms with Gasteiger partial charge in [0.05, 0.1) is 21.2 Å². The van der Waals surface area contributed by atoms with Gasteiger partial charge in [-0.15, -0.1) is 0 Å². The number of benzene rings is 3. The topological polar surface area (TPSA) is 121 Å². The van der Waals surface area contributed by atoms with E-state index in [-0.39, 0.29) is 10.6 Å². The zero-order valence-electron chi connectivity index (χ0n) is 25.7. The third-order valence-electron chi connectivity index (χ3n) is 7.72. The van der Waals surface area contributed by atoms with E-state index in [1.165, 1.54) is 37.1 Å². The van der Waals surface area contributed by atoms with Gasteiger partial charge in [0.1, 0.15) is 0 Å². The van der Waals surface area contributed by atoms with Crippen molar-refractivity contribution in [3.63, 3.8) is 0 Å². The lowest BCUT2D eigenvalue weighted by Crippen LogP contribution is -2.41. The monoisotopic (exact) mass is 680 g/mol. The Morgan fingerprint density at radius 1 is 0.717 bits per heavy atom. The normalized spacial score (nSPS) is 17.1. The minimum Gasteiger partial charge on any atom is -0.351 e. The highest BCUT2D eigenvalue weighted by Gasteiger charge is 2.25. The van der Waals surface area contributed by atoms with Crippen LogP contribution in [0.3, 0.4) is 0 Å². The van der Waals surface area contributed by atoms with E-state index >= 15 is 0 Å². The van der Waals surface area contributed by atoms with Crippen molar-refractivity contribution in [3.05, 3.63) is 95.0 Å². The Bertz CT molecular complexity index is 1500. The molecule has 2 saturated heterocycles. The number of hydrogen-bond donors (Lipinski definition) is 1. The number of likely N-dealkylation sites (tertiary alicyclic amines) is 2. The van der Waals surface area contributed by atoms with Crippen molar-refractivity contribution in [1.29, 1.82) is 0 Å². The average Bonchev–Trinajstić information content (AvgIpc) is 3.09. The highest BCUT2D eigenvalue weighted by Crippen LogP contribution is 2.26. The van der Waals surface area contributed by atoms with Gasteiger partial charge in [0, 0.05) is 55.9 Å². The van der Waals surface area contributed by atoms with Gasteiger partial charge in [-0.1, -0.05) is 59.9 Å². The lowest BCUT2D eigenvalue weighted by molar-refractivity contribution is -0.384. The Labute approximate surface area is 280 Å². The van der Waals surface area contributed by atoms with Crippen LogP contribution in [0.1, 0.15) is 38.5 Å². The highest BCUT2D eigenvalue weighted by molar-refractivity contribution is 8.14. The third kappa shape index (κ3) is 10.1. The van der Waals surface area contributed by atoms with Crippen molar-refractivity contribution < 1.29 is 13.3 Å². The van der Waals surface area contributed by atoms with Crippen LogP contribution in [0.15, 0.2) is 99.8 Å². The van der Waals surface area contributed by atoms with E-state index in [1.54, 1.807) is 23.5 Å².